The molecule has 2 amide bonds. The quantitative estimate of drug-likeness (QED) is 0.198. The van der Waals surface area contributed by atoms with E-state index in [1.54, 1.807) is 0 Å². The lowest BCUT2D eigenvalue weighted by atomic mass is 10.2. The zero-order valence-corrected chi connectivity index (χ0v) is 20.9. The first-order valence-electron chi connectivity index (χ1n) is 11.2. The van der Waals surface area contributed by atoms with Gasteiger partial charge in [0.2, 0.25) is 0 Å². The summed E-state index contributed by atoms with van der Waals surface area (Å²) in [5, 5.41) is 2.82. The summed E-state index contributed by atoms with van der Waals surface area (Å²) in [7, 11) is 0. The number of halogens is 2. The van der Waals surface area contributed by atoms with Crippen molar-refractivity contribution < 1.29 is 23.5 Å². The number of thioether (sulfide) groups is 1. The van der Waals surface area contributed by atoms with Crippen molar-refractivity contribution in [3.8, 4) is 0 Å². The van der Waals surface area contributed by atoms with Gasteiger partial charge in [-0.25, -0.2) is 14.1 Å². The van der Waals surface area contributed by atoms with E-state index in [4.69, 9.17) is 16.3 Å². The predicted octanol–water partition coefficient (Wildman–Crippen LogP) is 6.43. The first-order valence-corrected chi connectivity index (χ1v) is 12.4. The van der Waals surface area contributed by atoms with Crippen molar-refractivity contribution in [3.63, 3.8) is 0 Å². The Bertz CT molecular complexity index is 1330. The molecule has 36 heavy (non-hydrogen) atoms. The van der Waals surface area contributed by atoms with Crippen molar-refractivity contribution in [1.82, 2.24) is 0 Å². The van der Waals surface area contributed by atoms with Crippen LogP contribution in [0.15, 0.2) is 88.3 Å². The third kappa shape index (κ3) is 5.61. The molecule has 0 aromatic heterocycles. The van der Waals surface area contributed by atoms with Gasteiger partial charge in [-0.3, -0.25) is 9.59 Å². The number of nitrogens with one attached hydrogen (secondary N) is 1. The Hall–Kier alpha value is -3.62. The number of carbonyl (C=O) groups excluding carboxylic acids is 3. The summed E-state index contributed by atoms with van der Waals surface area (Å²) >= 11 is 7.04. The Morgan fingerprint density at radius 2 is 1.75 bits per heavy atom. The molecular weight excluding hydrogens is 503 g/mol. The van der Waals surface area contributed by atoms with Gasteiger partial charge in [-0.2, -0.15) is 0 Å². The summed E-state index contributed by atoms with van der Waals surface area (Å²) in [6.45, 7) is 2.32. The fraction of sp³-hybridized carbons (Fsp3) is 0.148. The highest BCUT2D eigenvalue weighted by Crippen LogP contribution is 2.38. The number of hydrogen-bond donors (Lipinski definition) is 1. The van der Waals surface area contributed by atoms with E-state index in [2.05, 4.69) is 5.32 Å². The lowest BCUT2D eigenvalue weighted by Gasteiger charge is -2.16. The first-order chi connectivity index (χ1) is 17.4. The Morgan fingerprint density at radius 3 is 2.42 bits per heavy atom. The number of benzene rings is 3. The number of anilines is 2. The molecular formula is C27H22ClFN2O4S. The molecule has 0 fully saturated rings. The maximum absolute atomic E-state index is 13.6. The molecule has 1 aliphatic rings. The summed E-state index contributed by atoms with van der Waals surface area (Å²) in [6, 6.07) is 19.2. The van der Waals surface area contributed by atoms with Gasteiger partial charge in [0.15, 0.2) is 0 Å². The van der Waals surface area contributed by atoms with Gasteiger partial charge in [-0.05, 0) is 61.0 Å². The molecule has 0 aliphatic carbocycles. The van der Waals surface area contributed by atoms with Crippen molar-refractivity contribution in [2.45, 2.75) is 24.7 Å². The standard InChI is InChI=1S/C27H22ClFN2O4S/c1-2-3-15-35-27(34)17-9-12-19(13-10-17)31-25(32)23(30-18-11-14-22(29)21(28)16-18)24(26(31)33)36-20-7-5-4-6-8-20/h4-14,16,30H,2-3,15H2,1H3. The molecule has 0 unspecified atom stereocenters. The molecule has 9 heteroatoms. The van der Waals surface area contributed by atoms with Crippen LogP contribution in [0.1, 0.15) is 30.1 Å². The molecule has 0 bridgehead atoms. The van der Waals surface area contributed by atoms with Gasteiger partial charge < -0.3 is 10.1 Å². The molecule has 184 valence electrons. The monoisotopic (exact) mass is 524 g/mol. The Morgan fingerprint density at radius 1 is 1.03 bits per heavy atom. The molecule has 0 radical (unpaired) electrons. The van der Waals surface area contributed by atoms with Gasteiger partial charge >= 0.3 is 5.97 Å². The lowest BCUT2D eigenvalue weighted by Crippen LogP contribution is -2.32. The van der Waals surface area contributed by atoms with E-state index in [-0.39, 0.29) is 15.6 Å². The van der Waals surface area contributed by atoms with Crippen molar-refractivity contribution in [3.05, 3.63) is 99.8 Å². The van der Waals surface area contributed by atoms with Crippen LogP contribution in [-0.2, 0) is 14.3 Å². The largest absolute Gasteiger partial charge is 0.462 e. The Balaban J connectivity index is 1.63. The minimum Gasteiger partial charge on any atom is -0.462 e. The first kappa shape index (κ1) is 25.5. The second-order valence-electron chi connectivity index (χ2n) is 7.86. The maximum Gasteiger partial charge on any atom is 0.338 e. The minimum absolute atomic E-state index is 0.0413. The number of imide groups is 1. The Labute approximate surface area is 217 Å². The molecule has 3 aromatic rings. The van der Waals surface area contributed by atoms with E-state index in [1.165, 1.54) is 42.5 Å². The molecule has 0 spiro atoms. The van der Waals surface area contributed by atoms with Gasteiger partial charge in [0, 0.05) is 10.6 Å². The summed E-state index contributed by atoms with van der Waals surface area (Å²) in [5.41, 5.74) is 1.02. The molecule has 3 aromatic carbocycles. The highest BCUT2D eigenvalue weighted by atomic mass is 35.5. The topological polar surface area (TPSA) is 75.7 Å². The van der Waals surface area contributed by atoms with Crippen LogP contribution in [0.5, 0.6) is 0 Å². The van der Waals surface area contributed by atoms with E-state index in [0.717, 1.165) is 34.4 Å². The van der Waals surface area contributed by atoms with Crippen LogP contribution >= 0.6 is 23.4 Å². The van der Waals surface area contributed by atoms with Crippen molar-refractivity contribution >= 4 is 52.5 Å². The summed E-state index contributed by atoms with van der Waals surface area (Å²) < 4.78 is 18.9. The average Bonchev–Trinajstić information content (AvgIpc) is 3.11. The van der Waals surface area contributed by atoms with Crippen LogP contribution in [-0.4, -0.2) is 24.4 Å². The average molecular weight is 525 g/mol. The summed E-state index contributed by atoms with van der Waals surface area (Å²) in [5.74, 6) is -2.18. The minimum atomic E-state index is -0.598. The van der Waals surface area contributed by atoms with Gasteiger partial charge in [-0.1, -0.05) is 54.9 Å². The molecule has 1 N–H and O–H groups in total. The van der Waals surface area contributed by atoms with Gasteiger partial charge in [0.1, 0.15) is 16.4 Å². The number of carbonyl (C=O) groups is 3. The molecule has 0 atom stereocenters. The molecule has 1 aliphatic heterocycles. The summed E-state index contributed by atoms with van der Waals surface area (Å²) in [6.07, 6.45) is 1.67. The predicted molar refractivity (Wildman–Crippen MR) is 138 cm³/mol. The normalized spacial score (nSPS) is 13.4. The van der Waals surface area contributed by atoms with Crippen LogP contribution in [0, 0.1) is 5.82 Å². The van der Waals surface area contributed by atoms with E-state index in [9.17, 15) is 18.8 Å². The van der Waals surface area contributed by atoms with Crippen molar-refractivity contribution in [2.75, 3.05) is 16.8 Å². The van der Waals surface area contributed by atoms with E-state index in [1.807, 2.05) is 37.3 Å². The number of rotatable bonds is 9. The SMILES string of the molecule is CCCCOC(=O)c1ccc(N2C(=O)C(Nc3ccc(F)c(Cl)c3)=C(Sc3ccccc3)C2=O)cc1. The van der Waals surface area contributed by atoms with Crippen molar-refractivity contribution in [1.29, 1.82) is 0 Å². The fourth-order valence-corrected chi connectivity index (χ4v) is 4.54. The number of nitrogens with zero attached hydrogens (tertiary/aromatic N) is 1. The van der Waals surface area contributed by atoms with Gasteiger partial charge in [0.05, 0.1) is 22.9 Å². The number of ether oxygens (including phenoxy) is 1. The maximum atomic E-state index is 13.6. The smallest absolute Gasteiger partial charge is 0.338 e. The molecule has 1 heterocycles. The second-order valence-corrected chi connectivity index (χ2v) is 9.35. The van der Waals surface area contributed by atoms with Crippen LogP contribution in [0.3, 0.4) is 0 Å². The molecule has 0 saturated heterocycles. The third-order valence-corrected chi connectivity index (χ3v) is 6.67. The number of amides is 2. The van der Waals surface area contributed by atoms with Crippen LogP contribution < -0.4 is 10.2 Å². The van der Waals surface area contributed by atoms with Gasteiger partial charge in [-0.15, -0.1) is 0 Å². The highest BCUT2D eigenvalue weighted by molar-refractivity contribution is 8.04. The summed E-state index contributed by atoms with van der Waals surface area (Å²) in [4.78, 5) is 41.1. The Kier molecular flexibility index (Phi) is 8.07. The molecule has 6 nitrogen and oxygen atoms in total. The van der Waals surface area contributed by atoms with Gasteiger partial charge in [0.25, 0.3) is 11.8 Å². The molecule has 0 saturated carbocycles. The van der Waals surface area contributed by atoms with Crippen LogP contribution in [0.2, 0.25) is 5.02 Å². The third-order valence-electron chi connectivity index (χ3n) is 5.29. The van der Waals surface area contributed by atoms with Crippen molar-refractivity contribution in [2.24, 2.45) is 0 Å². The van der Waals surface area contributed by atoms with Crippen LogP contribution in [0.4, 0.5) is 15.8 Å². The molecule has 4 rings (SSSR count). The van der Waals surface area contributed by atoms with E-state index >= 15 is 0 Å². The number of esters is 1. The zero-order valence-electron chi connectivity index (χ0n) is 19.3. The van der Waals surface area contributed by atoms with E-state index in [0.29, 0.717) is 23.5 Å². The second kappa shape index (κ2) is 11.4. The van der Waals surface area contributed by atoms with E-state index < -0.39 is 23.6 Å². The number of unbranched alkanes of at least 4 members (excludes halogenated alkanes) is 1. The zero-order chi connectivity index (χ0) is 25.7. The fourth-order valence-electron chi connectivity index (χ4n) is 3.41. The lowest BCUT2D eigenvalue weighted by molar-refractivity contribution is -0.120. The highest BCUT2D eigenvalue weighted by Gasteiger charge is 2.40. The van der Waals surface area contributed by atoms with Crippen LogP contribution in [0.25, 0.3) is 0 Å². The number of hydrogen-bond acceptors (Lipinski definition) is 6.